The Hall–Kier alpha value is -3.93. The highest BCUT2D eigenvalue weighted by molar-refractivity contribution is 5.95. The van der Waals surface area contributed by atoms with Crippen LogP contribution in [0.4, 0.5) is 0 Å². The molecular weight excluding hydrogens is 412 g/mol. The van der Waals surface area contributed by atoms with Crippen LogP contribution < -0.4 is 5.32 Å². The van der Waals surface area contributed by atoms with Crippen molar-refractivity contribution in [1.29, 1.82) is 0 Å². The van der Waals surface area contributed by atoms with Gasteiger partial charge in [-0.25, -0.2) is 4.98 Å². The Kier molecular flexibility index (Phi) is 6.83. The number of amides is 2. The van der Waals surface area contributed by atoms with E-state index >= 15 is 0 Å². The zero-order valence-corrected chi connectivity index (χ0v) is 18.9. The Morgan fingerprint density at radius 2 is 1.73 bits per heavy atom. The summed E-state index contributed by atoms with van der Waals surface area (Å²) in [7, 11) is 3.65. The van der Waals surface area contributed by atoms with E-state index in [0.717, 1.165) is 16.5 Å². The first-order valence-corrected chi connectivity index (χ1v) is 11.1. The van der Waals surface area contributed by atoms with Crippen molar-refractivity contribution < 1.29 is 9.59 Å². The molecule has 4 rings (SSSR count). The predicted molar refractivity (Wildman–Crippen MR) is 130 cm³/mol. The first-order valence-electron chi connectivity index (χ1n) is 11.1. The van der Waals surface area contributed by atoms with Gasteiger partial charge in [-0.15, -0.1) is 0 Å². The molecule has 0 aliphatic carbocycles. The van der Waals surface area contributed by atoms with Crippen molar-refractivity contribution in [2.75, 3.05) is 13.6 Å². The van der Waals surface area contributed by atoms with E-state index in [1.807, 2.05) is 74.9 Å². The zero-order chi connectivity index (χ0) is 23.2. The monoisotopic (exact) mass is 440 g/mol. The minimum absolute atomic E-state index is 0.0955. The molecule has 33 heavy (non-hydrogen) atoms. The molecule has 0 saturated heterocycles. The van der Waals surface area contributed by atoms with E-state index in [2.05, 4.69) is 22.4 Å². The van der Waals surface area contributed by atoms with Gasteiger partial charge in [0.2, 0.25) is 0 Å². The predicted octanol–water partition coefficient (Wildman–Crippen LogP) is 4.08. The highest BCUT2D eigenvalue weighted by Crippen LogP contribution is 2.17. The molecule has 2 heterocycles. The van der Waals surface area contributed by atoms with E-state index < -0.39 is 0 Å². The average Bonchev–Trinajstić information content (AvgIpc) is 3.28. The number of carbonyl (C=O) groups is 2. The SMILES string of the molecule is CN(C(=O)c1ccc2ccccc2n1)[C@H](CCNC(=O)c1cccn1C)Cc1ccccc1. The molecule has 168 valence electrons. The van der Waals surface area contributed by atoms with Gasteiger partial charge in [-0.3, -0.25) is 9.59 Å². The summed E-state index contributed by atoms with van der Waals surface area (Å²) in [5.74, 6) is -0.249. The molecule has 0 aliphatic rings. The van der Waals surface area contributed by atoms with Gasteiger partial charge in [-0.2, -0.15) is 0 Å². The Morgan fingerprint density at radius 3 is 2.48 bits per heavy atom. The summed E-state index contributed by atoms with van der Waals surface area (Å²) in [4.78, 5) is 32.1. The molecular formula is C27H28N4O2. The maximum absolute atomic E-state index is 13.3. The largest absolute Gasteiger partial charge is 0.351 e. The van der Waals surface area contributed by atoms with Gasteiger partial charge in [0.25, 0.3) is 11.8 Å². The second kappa shape index (κ2) is 10.1. The number of hydrogen-bond acceptors (Lipinski definition) is 3. The first-order chi connectivity index (χ1) is 16.0. The first kappa shape index (κ1) is 22.3. The highest BCUT2D eigenvalue weighted by atomic mass is 16.2. The van der Waals surface area contributed by atoms with Gasteiger partial charge in [0.15, 0.2) is 0 Å². The number of para-hydroxylation sites is 1. The number of rotatable bonds is 8. The number of aryl methyl sites for hydroxylation is 1. The fraction of sp³-hybridized carbons (Fsp3) is 0.222. The third-order valence-corrected chi connectivity index (χ3v) is 5.94. The molecule has 0 bridgehead atoms. The van der Waals surface area contributed by atoms with Crippen LogP contribution in [0.2, 0.25) is 0 Å². The van der Waals surface area contributed by atoms with Crippen LogP contribution in [0.15, 0.2) is 85.1 Å². The summed E-state index contributed by atoms with van der Waals surface area (Å²) in [5.41, 5.74) is 2.97. The lowest BCUT2D eigenvalue weighted by molar-refractivity contribution is 0.0717. The number of nitrogens with one attached hydrogen (secondary N) is 1. The lowest BCUT2D eigenvalue weighted by Crippen LogP contribution is -2.41. The van der Waals surface area contributed by atoms with Crippen LogP contribution in [0, 0.1) is 0 Å². The maximum Gasteiger partial charge on any atom is 0.272 e. The molecule has 2 amide bonds. The molecule has 0 unspecified atom stereocenters. The Labute approximate surface area is 193 Å². The number of likely N-dealkylation sites (N-methyl/N-ethyl adjacent to an activating group) is 1. The molecule has 0 aliphatic heterocycles. The van der Waals surface area contributed by atoms with Crippen molar-refractivity contribution in [3.8, 4) is 0 Å². The second-order valence-electron chi connectivity index (χ2n) is 8.20. The van der Waals surface area contributed by atoms with Gasteiger partial charge in [0.1, 0.15) is 11.4 Å². The van der Waals surface area contributed by atoms with Crippen LogP contribution in [-0.2, 0) is 13.5 Å². The zero-order valence-electron chi connectivity index (χ0n) is 18.9. The van der Waals surface area contributed by atoms with Crippen molar-refractivity contribution in [3.63, 3.8) is 0 Å². The lowest BCUT2D eigenvalue weighted by atomic mass is 10.0. The third-order valence-electron chi connectivity index (χ3n) is 5.94. The minimum atomic E-state index is -0.129. The van der Waals surface area contributed by atoms with E-state index in [9.17, 15) is 9.59 Å². The number of hydrogen-bond donors (Lipinski definition) is 1. The van der Waals surface area contributed by atoms with Gasteiger partial charge in [0.05, 0.1) is 5.52 Å². The minimum Gasteiger partial charge on any atom is -0.351 e. The van der Waals surface area contributed by atoms with E-state index in [1.165, 1.54) is 0 Å². The maximum atomic E-state index is 13.3. The molecule has 0 radical (unpaired) electrons. The molecule has 1 atom stereocenters. The van der Waals surface area contributed by atoms with Crippen LogP contribution in [0.25, 0.3) is 10.9 Å². The second-order valence-corrected chi connectivity index (χ2v) is 8.20. The lowest BCUT2D eigenvalue weighted by Gasteiger charge is -2.28. The van der Waals surface area contributed by atoms with Gasteiger partial charge >= 0.3 is 0 Å². The highest BCUT2D eigenvalue weighted by Gasteiger charge is 2.23. The number of benzene rings is 2. The smallest absolute Gasteiger partial charge is 0.272 e. The van der Waals surface area contributed by atoms with E-state index in [1.54, 1.807) is 21.6 Å². The van der Waals surface area contributed by atoms with Crippen LogP contribution in [0.1, 0.15) is 33.0 Å². The molecule has 4 aromatic rings. The van der Waals surface area contributed by atoms with Crippen molar-refractivity contribution in [2.24, 2.45) is 7.05 Å². The van der Waals surface area contributed by atoms with E-state index in [-0.39, 0.29) is 17.9 Å². The van der Waals surface area contributed by atoms with E-state index in [0.29, 0.717) is 30.8 Å². The number of aromatic nitrogens is 2. The van der Waals surface area contributed by atoms with Gasteiger partial charge in [-0.1, -0.05) is 54.6 Å². The van der Waals surface area contributed by atoms with Crippen molar-refractivity contribution >= 4 is 22.7 Å². The fourth-order valence-corrected chi connectivity index (χ4v) is 3.99. The summed E-state index contributed by atoms with van der Waals surface area (Å²) in [6.45, 7) is 0.463. The Morgan fingerprint density at radius 1 is 0.970 bits per heavy atom. The summed E-state index contributed by atoms with van der Waals surface area (Å²) in [5, 5.41) is 3.99. The topological polar surface area (TPSA) is 67.2 Å². The quantitative estimate of drug-likeness (QED) is 0.449. The molecule has 0 spiro atoms. The van der Waals surface area contributed by atoms with Crippen molar-refractivity contribution in [1.82, 2.24) is 19.8 Å². The normalized spacial score (nSPS) is 11.8. The number of pyridine rings is 1. The Balaban J connectivity index is 1.49. The van der Waals surface area contributed by atoms with Crippen molar-refractivity contribution in [2.45, 2.75) is 18.9 Å². The van der Waals surface area contributed by atoms with Gasteiger partial charge < -0.3 is 14.8 Å². The number of nitrogens with zero attached hydrogens (tertiary/aromatic N) is 3. The molecule has 2 aromatic carbocycles. The molecule has 2 aromatic heterocycles. The standard InChI is InChI=1S/C27H28N4O2/c1-30-18-8-13-25(30)26(32)28-17-16-22(19-20-9-4-3-5-10-20)31(2)27(33)24-15-14-21-11-6-7-12-23(21)29-24/h3-15,18,22H,16-17,19H2,1-2H3,(H,28,32)/t22-/m1/s1. The summed E-state index contributed by atoms with van der Waals surface area (Å²) in [6, 6.07) is 25.1. The molecule has 1 N–H and O–H groups in total. The fourth-order valence-electron chi connectivity index (χ4n) is 3.99. The summed E-state index contributed by atoms with van der Waals surface area (Å²) in [6.07, 6.45) is 3.16. The average molecular weight is 441 g/mol. The van der Waals surface area contributed by atoms with Crippen LogP contribution in [0.5, 0.6) is 0 Å². The van der Waals surface area contributed by atoms with Crippen LogP contribution in [0.3, 0.4) is 0 Å². The third kappa shape index (κ3) is 5.29. The Bertz CT molecular complexity index is 1250. The number of carbonyl (C=O) groups excluding carboxylic acids is 2. The molecule has 0 saturated carbocycles. The molecule has 0 fully saturated rings. The summed E-state index contributed by atoms with van der Waals surface area (Å²) < 4.78 is 1.79. The molecule has 6 nitrogen and oxygen atoms in total. The summed E-state index contributed by atoms with van der Waals surface area (Å²) >= 11 is 0. The number of fused-ring (bicyclic) bond motifs is 1. The van der Waals surface area contributed by atoms with Gasteiger partial charge in [-0.05, 0) is 42.7 Å². The van der Waals surface area contributed by atoms with E-state index in [4.69, 9.17) is 0 Å². The van der Waals surface area contributed by atoms with Gasteiger partial charge in [0, 0.05) is 38.3 Å². The van der Waals surface area contributed by atoms with Crippen LogP contribution >= 0.6 is 0 Å². The van der Waals surface area contributed by atoms with Crippen molar-refractivity contribution in [3.05, 3.63) is 102 Å². The van der Waals surface area contributed by atoms with Crippen LogP contribution in [-0.4, -0.2) is 45.9 Å². The molecule has 6 heteroatoms.